The van der Waals surface area contributed by atoms with E-state index in [2.05, 4.69) is 20.8 Å². The van der Waals surface area contributed by atoms with Gasteiger partial charge in [-0.3, -0.25) is 0 Å². The lowest BCUT2D eigenvalue weighted by Crippen LogP contribution is -2.59. The van der Waals surface area contributed by atoms with Gasteiger partial charge >= 0.3 is 0 Å². The van der Waals surface area contributed by atoms with Crippen LogP contribution in [0.25, 0.3) is 0 Å². The summed E-state index contributed by atoms with van der Waals surface area (Å²) in [6, 6.07) is 0. The first-order valence-electron chi connectivity index (χ1n) is 4.78. The van der Waals surface area contributed by atoms with Gasteiger partial charge in [0.05, 0.1) is 13.2 Å². The molecule has 0 unspecified atom stereocenters. The van der Waals surface area contributed by atoms with Crippen LogP contribution in [0.3, 0.4) is 0 Å². The van der Waals surface area contributed by atoms with E-state index in [0.29, 0.717) is 5.41 Å². The number of nitrogens with two attached hydrogens (primary N) is 1. The minimum atomic E-state index is 0.103. The highest BCUT2D eigenvalue weighted by Gasteiger charge is 2.61. The van der Waals surface area contributed by atoms with E-state index in [9.17, 15) is 0 Å². The van der Waals surface area contributed by atoms with Gasteiger partial charge in [0.2, 0.25) is 0 Å². The van der Waals surface area contributed by atoms with E-state index in [1.54, 1.807) is 0 Å². The van der Waals surface area contributed by atoms with Crippen molar-refractivity contribution >= 4 is 0 Å². The summed E-state index contributed by atoms with van der Waals surface area (Å²) in [6.45, 7) is 8.66. The molecular weight excluding hydrogens is 150 g/mol. The molecule has 12 heavy (non-hydrogen) atoms. The molecule has 1 aliphatic carbocycles. The minimum absolute atomic E-state index is 0.103. The third-order valence-electron chi connectivity index (χ3n) is 4.38. The molecule has 2 heteroatoms. The second-order valence-electron chi connectivity index (χ2n) is 5.33. The molecule has 2 fully saturated rings. The molecule has 1 aliphatic heterocycles. The van der Waals surface area contributed by atoms with Crippen molar-refractivity contribution in [3.8, 4) is 0 Å². The minimum Gasteiger partial charge on any atom is -0.380 e. The average molecular weight is 169 g/mol. The van der Waals surface area contributed by atoms with Crippen molar-refractivity contribution in [2.75, 3.05) is 13.2 Å². The van der Waals surface area contributed by atoms with Crippen LogP contribution in [-0.4, -0.2) is 18.8 Å². The Labute approximate surface area is 74.5 Å². The van der Waals surface area contributed by atoms with Gasteiger partial charge in [0.15, 0.2) is 0 Å². The van der Waals surface area contributed by atoms with Gasteiger partial charge < -0.3 is 10.5 Å². The van der Waals surface area contributed by atoms with Crippen LogP contribution in [0.15, 0.2) is 0 Å². The molecule has 0 radical (unpaired) electrons. The van der Waals surface area contributed by atoms with Crippen molar-refractivity contribution < 1.29 is 4.74 Å². The van der Waals surface area contributed by atoms with E-state index in [4.69, 9.17) is 10.5 Å². The number of hydrogen-bond acceptors (Lipinski definition) is 2. The van der Waals surface area contributed by atoms with Crippen LogP contribution in [0, 0.1) is 10.8 Å². The van der Waals surface area contributed by atoms with Gasteiger partial charge in [0.25, 0.3) is 0 Å². The molecule has 2 rings (SSSR count). The van der Waals surface area contributed by atoms with Crippen LogP contribution in [-0.2, 0) is 4.74 Å². The highest BCUT2D eigenvalue weighted by Crippen LogP contribution is 2.58. The molecule has 1 saturated heterocycles. The molecule has 0 atom stereocenters. The Morgan fingerprint density at radius 3 is 2.00 bits per heavy atom. The Bertz CT molecular complexity index is 202. The molecule has 0 bridgehead atoms. The normalized spacial score (nSPS) is 31.0. The topological polar surface area (TPSA) is 35.2 Å². The highest BCUT2D eigenvalue weighted by molar-refractivity contribution is 5.15. The highest BCUT2D eigenvalue weighted by atomic mass is 16.5. The zero-order valence-electron chi connectivity index (χ0n) is 8.31. The molecule has 1 saturated carbocycles. The van der Waals surface area contributed by atoms with Crippen molar-refractivity contribution in [3.63, 3.8) is 0 Å². The Kier molecular flexibility index (Phi) is 1.45. The maximum absolute atomic E-state index is 6.26. The predicted molar refractivity (Wildman–Crippen MR) is 48.9 cm³/mol. The lowest BCUT2D eigenvalue weighted by molar-refractivity contribution is -0.173. The second kappa shape index (κ2) is 2.05. The van der Waals surface area contributed by atoms with Crippen molar-refractivity contribution in [2.45, 2.75) is 39.2 Å². The average Bonchev–Trinajstić information content (AvgIpc) is 2.64. The third kappa shape index (κ3) is 0.826. The molecule has 2 aliphatic rings. The summed E-state index contributed by atoms with van der Waals surface area (Å²) >= 11 is 0. The standard InChI is InChI=1S/C10H19NO/c1-8(2,10(11)4-5-10)9(3)6-12-7-9/h4-7,11H2,1-3H3. The van der Waals surface area contributed by atoms with E-state index in [1.807, 2.05) is 0 Å². The van der Waals surface area contributed by atoms with E-state index in [1.165, 1.54) is 12.8 Å². The zero-order chi connectivity index (χ0) is 9.04. The number of rotatable bonds is 2. The maximum Gasteiger partial charge on any atom is 0.0547 e. The van der Waals surface area contributed by atoms with Crippen LogP contribution in [0.4, 0.5) is 0 Å². The van der Waals surface area contributed by atoms with Gasteiger partial charge in [-0.15, -0.1) is 0 Å². The summed E-state index contributed by atoms with van der Waals surface area (Å²) < 4.78 is 5.29. The monoisotopic (exact) mass is 169 g/mol. The van der Waals surface area contributed by atoms with E-state index in [0.717, 1.165) is 13.2 Å². The first kappa shape index (κ1) is 8.52. The summed E-state index contributed by atoms with van der Waals surface area (Å²) in [4.78, 5) is 0. The fourth-order valence-electron chi connectivity index (χ4n) is 2.13. The second-order valence-corrected chi connectivity index (χ2v) is 5.33. The molecule has 2 nitrogen and oxygen atoms in total. The largest absolute Gasteiger partial charge is 0.380 e. The first-order chi connectivity index (χ1) is 5.41. The fraction of sp³-hybridized carbons (Fsp3) is 1.00. The summed E-state index contributed by atoms with van der Waals surface area (Å²) in [6.07, 6.45) is 2.38. The summed E-state index contributed by atoms with van der Waals surface area (Å²) in [7, 11) is 0. The van der Waals surface area contributed by atoms with E-state index in [-0.39, 0.29) is 11.0 Å². The smallest absolute Gasteiger partial charge is 0.0547 e. The van der Waals surface area contributed by atoms with Crippen molar-refractivity contribution in [3.05, 3.63) is 0 Å². The third-order valence-corrected chi connectivity index (χ3v) is 4.38. The van der Waals surface area contributed by atoms with Gasteiger partial charge in [0.1, 0.15) is 0 Å². The van der Waals surface area contributed by atoms with Crippen LogP contribution >= 0.6 is 0 Å². The maximum atomic E-state index is 6.26. The van der Waals surface area contributed by atoms with Gasteiger partial charge in [-0.25, -0.2) is 0 Å². The molecule has 0 aromatic rings. The number of hydrogen-bond donors (Lipinski definition) is 1. The van der Waals surface area contributed by atoms with Crippen LogP contribution in [0.2, 0.25) is 0 Å². The molecule has 1 heterocycles. The van der Waals surface area contributed by atoms with Crippen molar-refractivity contribution in [1.29, 1.82) is 0 Å². The van der Waals surface area contributed by atoms with E-state index < -0.39 is 0 Å². The molecule has 0 amide bonds. The quantitative estimate of drug-likeness (QED) is 0.680. The Hall–Kier alpha value is -0.0800. The van der Waals surface area contributed by atoms with Gasteiger partial charge in [-0.05, 0) is 18.3 Å². The van der Waals surface area contributed by atoms with Crippen molar-refractivity contribution in [1.82, 2.24) is 0 Å². The first-order valence-corrected chi connectivity index (χ1v) is 4.78. The molecule has 0 aromatic heterocycles. The summed E-state index contributed by atoms with van der Waals surface area (Å²) in [5.74, 6) is 0. The van der Waals surface area contributed by atoms with Gasteiger partial charge in [0, 0.05) is 11.0 Å². The lowest BCUT2D eigenvalue weighted by Gasteiger charge is -2.53. The van der Waals surface area contributed by atoms with Gasteiger partial charge in [-0.2, -0.15) is 0 Å². The molecular formula is C10H19NO. The molecule has 70 valence electrons. The summed E-state index contributed by atoms with van der Waals surface area (Å²) in [5, 5.41) is 0. The van der Waals surface area contributed by atoms with E-state index >= 15 is 0 Å². The SMILES string of the molecule is CC1(C(C)(C)C2(N)CC2)COC1. The fourth-order valence-corrected chi connectivity index (χ4v) is 2.13. The summed E-state index contributed by atoms with van der Waals surface area (Å²) in [5.41, 5.74) is 6.92. The van der Waals surface area contributed by atoms with Crippen molar-refractivity contribution in [2.24, 2.45) is 16.6 Å². The molecule has 0 spiro atoms. The Morgan fingerprint density at radius 1 is 1.25 bits per heavy atom. The zero-order valence-corrected chi connectivity index (χ0v) is 8.31. The molecule has 2 N–H and O–H groups in total. The number of ether oxygens (including phenoxy) is 1. The lowest BCUT2D eigenvalue weighted by atomic mass is 9.60. The van der Waals surface area contributed by atoms with Crippen LogP contribution in [0.1, 0.15) is 33.6 Å². The van der Waals surface area contributed by atoms with Crippen LogP contribution in [0.5, 0.6) is 0 Å². The predicted octanol–water partition coefficient (Wildman–Crippen LogP) is 1.54. The Balaban J connectivity index is 2.19. The van der Waals surface area contributed by atoms with Gasteiger partial charge in [-0.1, -0.05) is 20.8 Å². The Morgan fingerprint density at radius 2 is 1.75 bits per heavy atom. The molecule has 0 aromatic carbocycles. The van der Waals surface area contributed by atoms with Crippen LogP contribution < -0.4 is 5.73 Å².